The van der Waals surface area contributed by atoms with Crippen LogP contribution in [0.1, 0.15) is 10.9 Å². The van der Waals surface area contributed by atoms with Crippen LogP contribution in [0, 0.1) is 0 Å². The second-order valence-corrected chi connectivity index (χ2v) is 3.25. The van der Waals surface area contributed by atoms with Crippen LogP contribution in [0.5, 0.6) is 0 Å². The summed E-state index contributed by atoms with van der Waals surface area (Å²) in [6, 6.07) is 1.72. The van der Waals surface area contributed by atoms with Gasteiger partial charge in [-0.05, 0) is 11.4 Å². The predicted octanol–water partition coefficient (Wildman–Crippen LogP) is 3.01. The molecule has 2 N–H and O–H groups in total. The molecule has 0 amide bonds. The molecule has 1 nitrogen and oxygen atoms in total. The number of nitrogens with two attached hydrogens (primary N) is 1. The first kappa shape index (κ1) is 11.0. The van der Waals surface area contributed by atoms with Crippen molar-refractivity contribution in [2.75, 3.05) is 0 Å². The Labute approximate surface area is 81.3 Å². The van der Waals surface area contributed by atoms with E-state index in [9.17, 15) is 0 Å². The molecule has 62 valence electrons. The zero-order valence-electron chi connectivity index (χ0n) is 5.79. The molecule has 0 aliphatic carbocycles. The highest BCUT2D eigenvalue weighted by Crippen LogP contribution is 2.27. The van der Waals surface area contributed by atoms with Gasteiger partial charge in [0.2, 0.25) is 0 Å². The third-order valence-electron chi connectivity index (χ3n) is 1.20. The van der Waals surface area contributed by atoms with Crippen molar-refractivity contribution in [1.82, 2.24) is 0 Å². The van der Waals surface area contributed by atoms with Gasteiger partial charge in [0.15, 0.2) is 0 Å². The summed E-state index contributed by atoms with van der Waals surface area (Å²) in [5.74, 6) is 0. The van der Waals surface area contributed by atoms with E-state index in [4.69, 9.17) is 17.3 Å². The smallest absolute Gasteiger partial charge is 0.0588 e. The third kappa shape index (κ3) is 2.49. The lowest BCUT2D eigenvalue weighted by atomic mass is 10.2. The van der Waals surface area contributed by atoms with Crippen LogP contribution >= 0.6 is 35.3 Å². The van der Waals surface area contributed by atoms with E-state index >= 15 is 0 Å². The molecule has 0 saturated carbocycles. The van der Waals surface area contributed by atoms with Crippen LogP contribution in [0.2, 0.25) is 5.02 Å². The van der Waals surface area contributed by atoms with Crippen molar-refractivity contribution in [1.29, 1.82) is 0 Å². The van der Waals surface area contributed by atoms with E-state index in [1.807, 2.05) is 11.4 Å². The van der Waals surface area contributed by atoms with Crippen LogP contribution in [0.3, 0.4) is 0 Å². The van der Waals surface area contributed by atoms with Crippen LogP contribution in [0.15, 0.2) is 24.1 Å². The Kier molecular flexibility index (Phi) is 4.77. The van der Waals surface area contributed by atoms with E-state index in [1.165, 1.54) is 0 Å². The third-order valence-corrected chi connectivity index (χ3v) is 2.66. The summed E-state index contributed by atoms with van der Waals surface area (Å²) in [5, 5.41) is 2.65. The number of hydrogen-bond acceptors (Lipinski definition) is 2. The Bertz CT molecular complexity index is 234. The highest BCUT2D eigenvalue weighted by atomic mass is 35.5. The fourth-order valence-corrected chi connectivity index (χ4v) is 1.83. The molecule has 1 heterocycles. The Balaban J connectivity index is 0.000001000. The fourth-order valence-electron chi connectivity index (χ4n) is 0.650. The summed E-state index contributed by atoms with van der Waals surface area (Å²) in [4.78, 5) is 0.983. The summed E-state index contributed by atoms with van der Waals surface area (Å²) in [7, 11) is 0. The lowest BCUT2D eigenvalue weighted by Crippen LogP contribution is -2.04. The van der Waals surface area contributed by atoms with Crippen LogP contribution in [0.4, 0.5) is 0 Å². The predicted molar refractivity (Wildman–Crippen MR) is 53.7 cm³/mol. The molecule has 0 bridgehead atoms. The second kappa shape index (κ2) is 4.78. The molecule has 0 fully saturated rings. The maximum atomic E-state index is 5.80. The largest absolute Gasteiger partial charge is 0.320 e. The van der Waals surface area contributed by atoms with E-state index in [0.29, 0.717) is 0 Å². The van der Waals surface area contributed by atoms with Gasteiger partial charge < -0.3 is 5.73 Å². The average Bonchev–Trinajstić information content (AvgIpc) is 2.34. The van der Waals surface area contributed by atoms with Crippen molar-refractivity contribution in [2.24, 2.45) is 5.73 Å². The molecule has 0 unspecified atom stereocenters. The van der Waals surface area contributed by atoms with Crippen molar-refractivity contribution in [3.05, 3.63) is 34.0 Å². The molecule has 0 aromatic carbocycles. The van der Waals surface area contributed by atoms with Gasteiger partial charge in [-0.15, -0.1) is 30.3 Å². The summed E-state index contributed by atoms with van der Waals surface area (Å²) >= 11 is 7.35. The zero-order chi connectivity index (χ0) is 7.56. The van der Waals surface area contributed by atoms with Crippen molar-refractivity contribution in [3.63, 3.8) is 0 Å². The molecular weight excluding hydrogens is 201 g/mol. The van der Waals surface area contributed by atoms with Crippen LogP contribution in [0.25, 0.3) is 0 Å². The van der Waals surface area contributed by atoms with Gasteiger partial charge in [-0.1, -0.05) is 17.7 Å². The molecule has 0 aliphatic rings. The van der Waals surface area contributed by atoms with Gasteiger partial charge in [0.1, 0.15) is 0 Å². The van der Waals surface area contributed by atoms with E-state index < -0.39 is 0 Å². The topological polar surface area (TPSA) is 26.0 Å². The molecule has 1 aromatic rings. The molecule has 0 aliphatic heterocycles. The van der Waals surface area contributed by atoms with Crippen molar-refractivity contribution in [3.8, 4) is 0 Å². The van der Waals surface area contributed by atoms with Gasteiger partial charge in [0.25, 0.3) is 0 Å². The number of halogens is 2. The van der Waals surface area contributed by atoms with Crippen LogP contribution < -0.4 is 5.73 Å². The minimum Gasteiger partial charge on any atom is -0.320 e. The average molecular weight is 210 g/mol. The minimum atomic E-state index is -0.118. The van der Waals surface area contributed by atoms with E-state index in [-0.39, 0.29) is 18.4 Å². The second-order valence-electron chi connectivity index (χ2n) is 1.89. The fraction of sp³-hybridized carbons (Fsp3) is 0.143. The standard InChI is InChI=1S/C7H8ClNS.ClH/c1-2-6(9)7-5(8)3-4-10-7;/h2-4,6H,1,9H2;1H/t6-;/m1./s1. The molecule has 1 atom stereocenters. The summed E-state index contributed by atoms with van der Waals surface area (Å²) in [6.07, 6.45) is 1.68. The molecule has 11 heavy (non-hydrogen) atoms. The molecule has 0 spiro atoms. The van der Waals surface area contributed by atoms with Crippen molar-refractivity contribution in [2.45, 2.75) is 6.04 Å². The van der Waals surface area contributed by atoms with Gasteiger partial charge >= 0.3 is 0 Å². The monoisotopic (exact) mass is 209 g/mol. The molecule has 0 radical (unpaired) electrons. The first-order chi connectivity index (χ1) is 4.75. The maximum absolute atomic E-state index is 5.80. The van der Waals surface area contributed by atoms with Gasteiger partial charge in [-0.2, -0.15) is 0 Å². The number of rotatable bonds is 2. The molecule has 0 saturated heterocycles. The Hall–Kier alpha value is -0.0200. The van der Waals surface area contributed by atoms with Gasteiger partial charge in [-0.3, -0.25) is 0 Å². The SMILES string of the molecule is C=C[C@@H](N)c1sccc1Cl.Cl. The van der Waals surface area contributed by atoms with Gasteiger partial charge in [0, 0.05) is 4.88 Å². The normalized spacial score (nSPS) is 11.8. The lowest BCUT2D eigenvalue weighted by Gasteiger charge is -2.01. The van der Waals surface area contributed by atoms with Crippen LogP contribution in [-0.4, -0.2) is 0 Å². The summed E-state index contributed by atoms with van der Waals surface area (Å²) < 4.78 is 0. The first-order valence-corrected chi connectivity index (χ1v) is 4.12. The zero-order valence-corrected chi connectivity index (χ0v) is 8.18. The van der Waals surface area contributed by atoms with E-state index in [2.05, 4.69) is 6.58 Å². The maximum Gasteiger partial charge on any atom is 0.0588 e. The van der Waals surface area contributed by atoms with Crippen molar-refractivity contribution < 1.29 is 0 Å². The summed E-state index contributed by atoms with van der Waals surface area (Å²) in [6.45, 7) is 3.58. The van der Waals surface area contributed by atoms with E-state index in [1.54, 1.807) is 17.4 Å². The number of thiophene rings is 1. The Morgan fingerprint density at radius 3 is 2.73 bits per heavy atom. The molecule has 4 heteroatoms. The summed E-state index contributed by atoms with van der Waals surface area (Å²) in [5.41, 5.74) is 5.65. The highest BCUT2D eigenvalue weighted by Gasteiger charge is 2.06. The minimum absolute atomic E-state index is 0. The van der Waals surface area contributed by atoms with Crippen LogP contribution in [-0.2, 0) is 0 Å². The molecule has 1 rings (SSSR count). The molecular formula is C7H9Cl2NS. The number of hydrogen-bond donors (Lipinski definition) is 1. The van der Waals surface area contributed by atoms with Gasteiger partial charge in [-0.25, -0.2) is 0 Å². The molecule has 1 aromatic heterocycles. The first-order valence-electron chi connectivity index (χ1n) is 2.86. The Morgan fingerprint density at radius 2 is 2.36 bits per heavy atom. The Morgan fingerprint density at radius 1 is 1.73 bits per heavy atom. The van der Waals surface area contributed by atoms with Gasteiger partial charge in [0.05, 0.1) is 11.1 Å². The quantitative estimate of drug-likeness (QED) is 0.746. The van der Waals surface area contributed by atoms with E-state index in [0.717, 1.165) is 9.90 Å². The highest BCUT2D eigenvalue weighted by molar-refractivity contribution is 7.10. The lowest BCUT2D eigenvalue weighted by molar-refractivity contribution is 0.940. The van der Waals surface area contributed by atoms with Crippen molar-refractivity contribution >= 4 is 35.3 Å².